The van der Waals surface area contributed by atoms with Gasteiger partial charge in [0.15, 0.2) is 5.16 Å². The maximum Gasteiger partial charge on any atom is 0.337 e. The van der Waals surface area contributed by atoms with Gasteiger partial charge >= 0.3 is 5.97 Å². The van der Waals surface area contributed by atoms with Crippen molar-refractivity contribution in [3.63, 3.8) is 0 Å². The van der Waals surface area contributed by atoms with Gasteiger partial charge in [-0.2, -0.15) is 0 Å². The van der Waals surface area contributed by atoms with Crippen LogP contribution in [-0.4, -0.2) is 28.5 Å². The van der Waals surface area contributed by atoms with Gasteiger partial charge in [-0.25, -0.2) is 9.78 Å². The molecular formula is C25H20ClN3O4S. The minimum absolute atomic E-state index is 0.226. The Morgan fingerprint density at radius 3 is 2.59 bits per heavy atom. The molecule has 4 aromatic rings. The summed E-state index contributed by atoms with van der Waals surface area (Å²) in [6, 6.07) is 18.9. The highest BCUT2D eigenvalue weighted by molar-refractivity contribution is 7.98. The molecule has 0 aliphatic heterocycles. The third-order valence-electron chi connectivity index (χ3n) is 5.21. The van der Waals surface area contributed by atoms with E-state index in [0.29, 0.717) is 38.0 Å². The van der Waals surface area contributed by atoms with Crippen molar-refractivity contribution in [2.24, 2.45) is 5.73 Å². The number of nitrogens with zero attached hydrogens (tertiary/aromatic N) is 2. The normalized spacial score (nSPS) is 10.9. The zero-order valence-electron chi connectivity index (χ0n) is 18.2. The number of methoxy groups -OCH3 is 1. The minimum atomic E-state index is -0.513. The van der Waals surface area contributed by atoms with Crippen LogP contribution in [0.3, 0.4) is 0 Å². The second kappa shape index (κ2) is 10.1. The number of aromatic nitrogens is 2. The molecule has 1 amide bonds. The third-order valence-corrected chi connectivity index (χ3v) is 6.62. The van der Waals surface area contributed by atoms with E-state index >= 15 is 0 Å². The lowest BCUT2D eigenvalue weighted by molar-refractivity contribution is 0.0600. The van der Waals surface area contributed by atoms with Gasteiger partial charge in [0.1, 0.15) is 0 Å². The number of primary amides is 1. The molecule has 4 rings (SSSR count). The molecule has 0 spiro atoms. The van der Waals surface area contributed by atoms with Gasteiger partial charge in [0.05, 0.1) is 30.1 Å². The van der Waals surface area contributed by atoms with Crippen molar-refractivity contribution in [1.82, 2.24) is 9.55 Å². The molecule has 7 nitrogen and oxygen atoms in total. The number of carbonyl (C=O) groups is 2. The summed E-state index contributed by atoms with van der Waals surface area (Å²) < 4.78 is 6.35. The summed E-state index contributed by atoms with van der Waals surface area (Å²) in [5.41, 5.74) is 7.85. The summed E-state index contributed by atoms with van der Waals surface area (Å²) in [4.78, 5) is 41.7. The molecule has 0 unspecified atom stereocenters. The van der Waals surface area contributed by atoms with Crippen molar-refractivity contribution in [3.05, 3.63) is 104 Å². The first-order valence-electron chi connectivity index (χ1n) is 10.2. The Morgan fingerprint density at radius 1 is 1.06 bits per heavy atom. The second-order valence-electron chi connectivity index (χ2n) is 7.45. The lowest BCUT2D eigenvalue weighted by Crippen LogP contribution is -2.24. The zero-order chi connectivity index (χ0) is 24.2. The predicted molar refractivity (Wildman–Crippen MR) is 132 cm³/mol. The van der Waals surface area contributed by atoms with Crippen LogP contribution >= 0.6 is 23.4 Å². The first-order chi connectivity index (χ1) is 16.4. The fraction of sp³-hybridized carbons (Fsp3) is 0.120. The number of benzene rings is 3. The van der Waals surface area contributed by atoms with Crippen LogP contribution in [0.1, 0.15) is 31.8 Å². The number of amides is 1. The summed E-state index contributed by atoms with van der Waals surface area (Å²) in [7, 11) is 1.29. The number of hydrogen-bond donors (Lipinski definition) is 1. The van der Waals surface area contributed by atoms with Crippen LogP contribution in [0.15, 0.2) is 76.7 Å². The first-order valence-corrected chi connectivity index (χ1v) is 11.6. The summed E-state index contributed by atoms with van der Waals surface area (Å²) in [6.07, 6.45) is 0. The van der Waals surface area contributed by atoms with E-state index in [9.17, 15) is 14.4 Å². The van der Waals surface area contributed by atoms with E-state index in [2.05, 4.69) is 0 Å². The van der Waals surface area contributed by atoms with Crippen LogP contribution < -0.4 is 11.3 Å². The van der Waals surface area contributed by atoms with Gasteiger partial charge in [0, 0.05) is 16.3 Å². The number of thioether (sulfide) groups is 1. The number of hydrogen-bond acceptors (Lipinski definition) is 6. The number of esters is 1. The first kappa shape index (κ1) is 23.5. The van der Waals surface area contributed by atoms with Crippen LogP contribution in [0.4, 0.5) is 0 Å². The van der Waals surface area contributed by atoms with Crippen LogP contribution in [0.2, 0.25) is 5.02 Å². The van der Waals surface area contributed by atoms with E-state index in [-0.39, 0.29) is 12.1 Å². The molecule has 0 saturated carbocycles. The van der Waals surface area contributed by atoms with Crippen molar-refractivity contribution in [3.8, 4) is 0 Å². The SMILES string of the molecule is COC(=O)c1ccc2c(=O)n(Cc3ccccc3Cl)c(SCc3cccc(C(N)=O)c3)nc2c1. The van der Waals surface area contributed by atoms with Gasteiger partial charge in [-0.15, -0.1) is 0 Å². The molecule has 0 radical (unpaired) electrons. The molecule has 0 aliphatic carbocycles. The topological polar surface area (TPSA) is 104 Å². The Balaban J connectivity index is 1.79. The average molecular weight is 494 g/mol. The lowest BCUT2D eigenvalue weighted by atomic mass is 10.1. The molecule has 0 bridgehead atoms. The number of carbonyl (C=O) groups excluding carboxylic acids is 2. The maximum absolute atomic E-state index is 13.5. The highest BCUT2D eigenvalue weighted by Gasteiger charge is 2.16. The number of nitrogens with two attached hydrogens (primary N) is 1. The van der Waals surface area contributed by atoms with Crippen LogP contribution in [0.25, 0.3) is 10.9 Å². The van der Waals surface area contributed by atoms with E-state index in [1.54, 1.807) is 47.0 Å². The van der Waals surface area contributed by atoms with Gasteiger partial charge in [-0.1, -0.05) is 53.7 Å². The fourth-order valence-electron chi connectivity index (χ4n) is 3.45. The predicted octanol–water partition coefficient (Wildman–Crippen LogP) is 4.28. The van der Waals surface area contributed by atoms with E-state index in [1.807, 2.05) is 24.3 Å². The van der Waals surface area contributed by atoms with Crippen molar-refractivity contribution in [1.29, 1.82) is 0 Å². The number of rotatable bonds is 7. The lowest BCUT2D eigenvalue weighted by Gasteiger charge is -2.14. The highest BCUT2D eigenvalue weighted by Crippen LogP contribution is 2.25. The van der Waals surface area contributed by atoms with Crippen LogP contribution in [-0.2, 0) is 17.0 Å². The summed E-state index contributed by atoms with van der Waals surface area (Å²) >= 11 is 7.69. The average Bonchev–Trinajstić information content (AvgIpc) is 2.85. The summed E-state index contributed by atoms with van der Waals surface area (Å²) in [5.74, 6) is -0.582. The molecule has 1 heterocycles. The molecule has 0 atom stereocenters. The molecule has 172 valence electrons. The molecular weight excluding hydrogens is 474 g/mol. The second-order valence-corrected chi connectivity index (χ2v) is 8.80. The van der Waals surface area contributed by atoms with E-state index < -0.39 is 11.9 Å². The largest absolute Gasteiger partial charge is 0.465 e. The molecule has 3 aromatic carbocycles. The number of ether oxygens (including phenoxy) is 1. The quantitative estimate of drug-likeness (QED) is 0.234. The Kier molecular flexibility index (Phi) is 7.00. The molecule has 34 heavy (non-hydrogen) atoms. The maximum atomic E-state index is 13.5. The molecule has 0 aliphatic rings. The molecule has 1 aromatic heterocycles. The van der Waals surface area contributed by atoms with E-state index in [1.165, 1.54) is 18.9 Å². The van der Waals surface area contributed by atoms with Crippen LogP contribution in [0.5, 0.6) is 0 Å². The number of fused-ring (bicyclic) bond motifs is 1. The Morgan fingerprint density at radius 2 is 1.85 bits per heavy atom. The van der Waals surface area contributed by atoms with Gasteiger partial charge in [-0.05, 0) is 47.5 Å². The van der Waals surface area contributed by atoms with Gasteiger partial charge in [0.2, 0.25) is 5.91 Å². The van der Waals surface area contributed by atoms with Gasteiger partial charge in [0.25, 0.3) is 5.56 Å². The zero-order valence-corrected chi connectivity index (χ0v) is 19.7. The highest BCUT2D eigenvalue weighted by atomic mass is 35.5. The molecule has 0 fully saturated rings. The number of halogens is 1. The van der Waals surface area contributed by atoms with Crippen molar-refractivity contribution in [2.45, 2.75) is 17.5 Å². The Hall–Kier alpha value is -3.62. The monoisotopic (exact) mass is 493 g/mol. The fourth-order valence-corrected chi connectivity index (χ4v) is 4.59. The minimum Gasteiger partial charge on any atom is -0.465 e. The van der Waals surface area contributed by atoms with Gasteiger partial charge < -0.3 is 10.5 Å². The van der Waals surface area contributed by atoms with Crippen LogP contribution in [0, 0.1) is 0 Å². The molecule has 0 saturated heterocycles. The molecule has 9 heteroatoms. The smallest absolute Gasteiger partial charge is 0.337 e. The van der Waals surface area contributed by atoms with Gasteiger partial charge in [-0.3, -0.25) is 14.2 Å². The van der Waals surface area contributed by atoms with Crippen molar-refractivity contribution < 1.29 is 14.3 Å². The van der Waals surface area contributed by atoms with Crippen molar-refractivity contribution >= 4 is 46.1 Å². The van der Waals surface area contributed by atoms with E-state index in [4.69, 9.17) is 27.1 Å². The summed E-state index contributed by atoms with van der Waals surface area (Å²) in [6.45, 7) is 0.226. The Bertz CT molecular complexity index is 1470. The third kappa shape index (κ3) is 4.98. The Labute approximate surface area is 204 Å². The summed E-state index contributed by atoms with van der Waals surface area (Å²) in [5, 5.41) is 1.37. The van der Waals surface area contributed by atoms with Crippen molar-refractivity contribution in [2.75, 3.05) is 7.11 Å². The standard InChI is InChI=1S/C25H20ClN3O4S/c1-33-24(32)17-9-10-19-21(12-17)28-25(34-14-15-5-4-7-16(11-15)22(27)30)29(23(19)31)13-18-6-2-3-8-20(18)26/h2-12H,13-14H2,1H3,(H2,27,30). The van der Waals surface area contributed by atoms with E-state index in [0.717, 1.165) is 11.1 Å². The molecule has 2 N–H and O–H groups in total.